The van der Waals surface area contributed by atoms with E-state index in [0.29, 0.717) is 11.8 Å². The molecule has 1 saturated carbocycles. The first-order valence-corrected chi connectivity index (χ1v) is 9.17. The molecule has 5 heteroatoms. The number of benzene rings is 1. The van der Waals surface area contributed by atoms with Crippen molar-refractivity contribution in [1.29, 1.82) is 0 Å². The fraction of sp³-hybridized carbons (Fsp3) is 0.550. The number of aliphatic hydroxyl groups excluding tert-OH is 1. The molecule has 1 aromatic heterocycles. The lowest BCUT2D eigenvalue weighted by atomic mass is 9.77. The monoisotopic (exact) mass is 341 g/mol. The van der Waals surface area contributed by atoms with E-state index < -0.39 is 0 Å². The Labute approximate surface area is 149 Å². The van der Waals surface area contributed by atoms with E-state index in [1.165, 1.54) is 5.56 Å². The Morgan fingerprint density at radius 2 is 2.04 bits per heavy atom. The second kappa shape index (κ2) is 6.81. The van der Waals surface area contributed by atoms with Crippen LogP contribution in [0.15, 0.2) is 36.7 Å². The molecule has 134 valence electrons. The molecule has 1 N–H and O–H groups in total. The van der Waals surface area contributed by atoms with Crippen molar-refractivity contribution in [1.82, 2.24) is 14.5 Å². The average Bonchev–Trinajstić information content (AvgIpc) is 3.19. The number of hydrogen-bond donors (Lipinski definition) is 1. The van der Waals surface area contributed by atoms with Crippen molar-refractivity contribution < 1.29 is 9.84 Å². The summed E-state index contributed by atoms with van der Waals surface area (Å²) in [7, 11) is 1.71. The molecule has 2 aliphatic rings. The third kappa shape index (κ3) is 3.31. The van der Waals surface area contributed by atoms with E-state index >= 15 is 0 Å². The number of aliphatic hydroxyl groups is 1. The molecule has 2 aromatic rings. The van der Waals surface area contributed by atoms with Crippen molar-refractivity contribution in [3.8, 4) is 5.75 Å². The number of methoxy groups -OCH3 is 1. The summed E-state index contributed by atoms with van der Waals surface area (Å²) in [6.45, 7) is 5.16. The van der Waals surface area contributed by atoms with Gasteiger partial charge in [0.1, 0.15) is 11.6 Å². The highest BCUT2D eigenvalue weighted by Gasteiger charge is 2.42. The molecule has 0 unspecified atom stereocenters. The topological polar surface area (TPSA) is 50.5 Å². The fourth-order valence-corrected chi connectivity index (χ4v) is 4.70. The first-order chi connectivity index (χ1) is 12.1. The standard InChI is InChI=1S/C20H27N3O2/c1-14-21-6-7-23(14)19-9-16-12-22(13-17(16)10-20(19)24)11-15-4-3-5-18(8-15)25-2/h3-8,16-17,19-20,24H,9-13H2,1-2H3/t16-,17+,19-,20-/m0/s1. The molecule has 0 spiro atoms. The number of ether oxygens (including phenoxy) is 1. The van der Waals surface area contributed by atoms with Crippen LogP contribution in [0.3, 0.4) is 0 Å². The lowest BCUT2D eigenvalue weighted by molar-refractivity contribution is 0.0349. The van der Waals surface area contributed by atoms with Gasteiger partial charge in [0.2, 0.25) is 0 Å². The van der Waals surface area contributed by atoms with Gasteiger partial charge in [0.15, 0.2) is 0 Å². The van der Waals surface area contributed by atoms with Gasteiger partial charge in [-0.1, -0.05) is 12.1 Å². The van der Waals surface area contributed by atoms with Crippen LogP contribution in [0.5, 0.6) is 5.75 Å². The Kier molecular flexibility index (Phi) is 4.52. The summed E-state index contributed by atoms with van der Waals surface area (Å²) in [6.07, 6.45) is 5.50. The summed E-state index contributed by atoms with van der Waals surface area (Å²) in [6, 6.07) is 8.49. The first kappa shape index (κ1) is 16.6. The molecular weight excluding hydrogens is 314 g/mol. The van der Waals surface area contributed by atoms with Crippen molar-refractivity contribution in [3.05, 3.63) is 48.0 Å². The molecule has 5 nitrogen and oxygen atoms in total. The molecule has 1 aliphatic carbocycles. The largest absolute Gasteiger partial charge is 0.497 e. The lowest BCUT2D eigenvalue weighted by Gasteiger charge is -2.36. The zero-order valence-corrected chi connectivity index (χ0v) is 15.0. The molecule has 4 rings (SSSR count). The summed E-state index contributed by atoms with van der Waals surface area (Å²) in [4.78, 5) is 6.86. The molecular formula is C20H27N3O2. The Morgan fingerprint density at radius 3 is 2.76 bits per heavy atom. The molecule has 4 atom stereocenters. The summed E-state index contributed by atoms with van der Waals surface area (Å²) in [5, 5.41) is 10.7. The van der Waals surface area contributed by atoms with Crippen molar-refractivity contribution in [2.75, 3.05) is 20.2 Å². The first-order valence-electron chi connectivity index (χ1n) is 9.17. The molecule has 25 heavy (non-hydrogen) atoms. The number of nitrogens with zero attached hydrogens (tertiary/aromatic N) is 3. The normalized spacial score (nSPS) is 29.6. The van der Waals surface area contributed by atoms with Gasteiger partial charge in [-0.15, -0.1) is 0 Å². The SMILES string of the molecule is COc1cccc(CN2C[C@H]3C[C@H](O)[C@@H](n4ccnc4C)C[C@H]3C2)c1. The maximum absolute atomic E-state index is 10.7. The number of rotatable bonds is 4. The van der Waals surface area contributed by atoms with Gasteiger partial charge in [0.25, 0.3) is 0 Å². The van der Waals surface area contributed by atoms with Gasteiger partial charge in [0.05, 0.1) is 19.3 Å². The van der Waals surface area contributed by atoms with Crippen LogP contribution in [0.4, 0.5) is 0 Å². The highest BCUT2D eigenvalue weighted by molar-refractivity contribution is 5.28. The minimum atomic E-state index is -0.272. The zero-order chi connectivity index (χ0) is 17.4. The Balaban J connectivity index is 1.43. The van der Waals surface area contributed by atoms with Gasteiger partial charge in [-0.2, -0.15) is 0 Å². The maximum atomic E-state index is 10.7. The van der Waals surface area contributed by atoms with Crippen molar-refractivity contribution in [3.63, 3.8) is 0 Å². The molecule has 2 heterocycles. The van der Waals surface area contributed by atoms with Crippen molar-refractivity contribution >= 4 is 0 Å². The summed E-state index contributed by atoms with van der Waals surface area (Å²) < 4.78 is 7.49. The van der Waals surface area contributed by atoms with E-state index in [1.54, 1.807) is 7.11 Å². The number of hydrogen-bond acceptors (Lipinski definition) is 4. The van der Waals surface area contributed by atoms with E-state index in [0.717, 1.165) is 44.0 Å². The second-order valence-corrected chi connectivity index (χ2v) is 7.55. The van der Waals surface area contributed by atoms with E-state index in [9.17, 15) is 5.11 Å². The van der Waals surface area contributed by atoms with Crippen LogP contribution in [0.1, 0.15) is 30.3 Å². The second-order valence-electron chi connectivity index (χ2n) is 7.55. The van der Waals surface area contributed by atoms with E-state index in [2.05, 4.69) is 32.7 Å². The van der Waals surface area contributed by atoms with Gasteiger partial charge in [0, 0.05) is 32.0 Å². The quantitative estimate of drug-likeness (QED) is 0.929. The number of aryl methyl sites for hydroxylation is 1. The van der Waals surface area contributed by atoms with Crippen LogP contribution >= 0.6 is 0 Å². The average molecular weight is 341 g/mol. The van der Waals surface area contributed by atoms with E-state index in [4.69, 9.17) is 4.74 Å². The van der Waals surface area contributed by atoms with Gasteiger partial charge >= 0.3 is 0 Å². The third-order valence-corrected chi connectivity index (χ3v) is 5.94. The highest BCUT2D eigenvalue weighted by atomic mass is 16.5. The Hall–Kier alpha value is -1.85. The van der Waals surface area contributed by atoms with Crippen LogP contribution in [-0.4, -0.2) is 45.9 Å². The molecule has 0 radical (unpaired) electrons. The van der Waals surface area contributed by atoms with Gasteiger partial charge < -0.3 is 14.4 Å². The number of imidazole rings is 1. The minimum Gasteiger partial charge on any atom is -0.497 e. The van der Waals surface area contributed by atoms with Crippen molar-refractivity contribution in [2.45, 2.75) is 38.5 Å². The van der Waals surface area contributed by atoms with E-state index in [1.807, 2.05) is 25.4 Å². The smallest absolute Gasteiger partial charge is 0.119 e. The predicted molar refractivity (Wildman–Crippen MR) is 96.5 cm³/mol. The van der Waals surface area contributed by atoms with Crippen LogP contribution in [0, 0.1) is 18.8 Å². The van der Waals surface area contributed by atoms with Crippen LogP contribution in [0.2, 0.25) is 0 Å². The van der Waals surface area contributed by atoms with Gasteiger partial charge in [-0.25, -0.2) is 4.98 Å². The van der Waals surface area contributed by atoms with Crippen LogP contribution < -0.4 is 4.74 Å². The molecule has 1 aliphatic heterocycles. The lowest BCUT2D eigenvalue weighted by Crippen LogP contribution is -2.36. The fourth-order valence-electron chi connectivity index (χ4n) is 4.70. The highest BCUT2D eigenvalue weighted by Crippen LogP contribution is 2.42. The number of aromatic nitrogens is 2. The molecule has 2 fully saturated rings. The summed E-state index contributed by atoms with van der Waals surface area (Å²) in [5.74, 6) is 3.16. The third-order valence-electron chi connectivity index (χ3n) is 5.94. The Morgan fingerprint density at radius 1 is 1.24 bits per heavy atom. The predicted octanol–water partition coefficient (Wildman–Crippen LogP) is 2.64. The van der Waals surface area contributed by atoms with Crippen molar-refractivity contribution in [2.24, 2.45) is 11.8 Å². The van der Waals surface area contributed by atoms with E-state index in [-0.39, 0.29) is 12.1 Å². The minimum absolute atomic E-state index is 0.167. The number of fused-ring (bicyclic) bond motifs is 1. The molecule has 0 bridgehead atoms. The maximum Gasteiger partial charge on any atom is 0.119 e. The Bertz CT molecular complexity index is 729. The summed E-state index contributed by atoms with van der Waals surface area (Å²) in [5.41, 5.74) is 1.29. The molecule has 0 amide bonds. The number of likely N-dealkylation sites (tertiary alicyclic amines) is 1. The van der Waals surface area contributed by atoms with Gasteiger partial charge in [-0.05, 0) is 49.3 Å². The van der Waals surface area contributed by atoms with Crippen LogP contribution in [-0.2, 0) is 6.54 Å². The van der Waals surface area contributed by atoms with Gasteiger partial charge in [-0.3, -0.25) is 4.90 Å². The zero-order valence-electron chi connectivity index (χ0n) is 15.0. The summed E-state index contributed by atoms with van der Waals surface area (Å²) >= 11 is 0. The van der Waals surface area contributed by atoms with Crippen LogP contribution in [0.25, 0.3) is 0 Å². The molecule has 1 aromatic carbocycles. The molecule has 1 saturated heterocycles.